The summed E-state index contributed by atoms with van der Waals surface area (Å²) in [6.07, 6.45) is -1.58. The molecule has 10 heteroatoms. The highest BCUT2D eigenvalue weighted by Crippen LogP contribution is 2.43. The molecule has 0 fully saturated rings. The molecule has 252 valence electrons. The van der Waals surface area contributed by atoms with E-state index in [1.807, 2.05) is 62.4 Å². The molecule has 3 N–H and O–H groups in total. The van der Waals surface area contributed by atoms with E-state index in [1.165, 1.54) is 18.2 Å². The average molecular weight is 657 g/mol. The number of amides is 2. The van der Waals surface area contributed by atoms with Crippen molar-refractivity contribution in [2.75, 3.05) is 0 Å². The number of hydrogen-bond acceptors (Lipinski definition) is 6. The van der Waals surface area contributed by atoms with E-state index >= 15 is 0 Å². The Morgan fingerprint density at radius 2 is 1.44 bits per heavy atom. The molecule has 2 unspecified atom stereocenters. The number of aliphatic hydroxyl groups excluding tert-OH is 2. The van der Waals surface area contributed by atoms with E-state index in [1.54, 1.807) is 48.8 Å². The van der Waals surface area contributed by atoms with E-state index in [2.05, 4.69) is 0 Å². The second-order valence-corrected chi connectivity index (χ2v) is 12.0. The fourth-order valence-corrected chi connectivity index (χ4v) is 5.54. The zero-order valence-electron chi connectivity index (χ0n) is 27.4. The molecule has 2 amide bonds. The van der Waals surface area contributed by atoms with Crippen LogP contribution in [-0.2, 0) is 16.1 Å². The van der Waals surface area contributed by atoms with Crippen molar-refractivity contribution in [1.82, 2.24) is 9.47 Å². The summed E-state index contributed by atoms with van der Waals surface area (Å²) >= 11 is 0. The van der Waals surface area contributed by atoms with Crippen LogP contribution in [0.5, 0.6) is 0 Å². The van der Waals surface area contributed by atoms with Gasteiger partial charge in [0.2, 0.25) is 0 Å². The van der Waals surface area contributed by atoms with Gasteiger partial charge in [-0.3, -0.25) is 9.59 Å². The number of carbonyl (C=O) groups excluding carboxylic acids is 2. The fraction of sp³-hybridized carbons (Fsp3) is 0.289. The van der Waals surface area contributed by atoms with Crippen LogP contribution >= 0.6 is 0 Å². The Balaban J connectivity index is 2.02. The lowest BCUT2D eigenvalue weighted by Gasteiger charge is -2.24. The third-order valence-electron chi connectivity index (χ3n) is 7.54. The molecule has 0 bridgehead atoms. The summed E-state index contributed by atoms with van der Waals surface area (Å²) in [4.78, 5) is 40.7. The Labute approximate surface area is 279 Å². The minimum atomic E-state index is -1.29. The summed E-state index contributed by atoms with van der Waals surface area (Å²) in [5, 5.41) is 30.0. The maximum absolute atomic E-state index is 14.9. The Hall–Kier alpha value is -5.06. The van der Waals surface area contributed by atoms with Crippen molar-refractivity contribution in [2.24, 2.45) is 0 Å². The zero-order chi connectivity index (χ0) is 35.0. The largest absolute Gasteiger partial charge is 0.481 e. The van der Waals surface area contributed by atoms with Crippen LogP contribution in [0.3, 0.4) is 0 Å². The van der Waals surface area contributed by atoms with Gasteiger partial charge in [-0.2, -0.15) is 0 Å². The maximum atomic E-state index is 14.9. The van der Waals surface area contributed by atoms with Crippen LogP contribution < -0.4 is 0 Å². The first kappa shape index (κ1) is 35.8. The van der Waals surface area contributed by atoms with Crippen LogP contribution in [0.1, 0.15) is 68.3 Å². The third-order valence-corrected chi connectivity index (χ3v) is 7.54. The van der Waals surface area contributed by atoms with Crippen LogP contribution in [0, 0.1) is 5.82 Å². The highest BCUT2D eigenvalue weighted by atomic mass is 19.1. The molecule has 0 saturated carbocycles. The minimum Gasteiger partial charge on any atom is -0.481 e. The molecular formula is C38H41FN2O7. The normalized spacial score (nSPS) is 12.8. The molecule has 0 saturated heterocycles. The predicted molar refractivity (Wildman–Crippen MR) is 181 cm³/mol. The molecule has 1 heterocycles. The van der Waals surface area contributed by atoms with Crippen molar-refractivity contribution < 1.29 is 38.8 Å². The number of ether oxygens (including phenoxy) is 1. The van der Waals surface area contributed by atoms with Crippen LogP contribution in [0.2, 0.25) is 0 Å². The quantitative estimate of drug-likeness (QED) is 0.137. The Morgan fingerprint density at radius 1 is 0.854 bits per heavy atom. The van der Waals surface area contributed by atoms with E-state index in [4.69, 9.17) is 9.84 Å². The second kappa shape index (κ2) is 16.2. The van der Waals surface area contributed by atoms with E-state index in [0.717, 1.165) is 4.90 Å². The molecule has 2 atom stereocenters. The van der Waals surface area contributed by atoms with Gasteiger partial charge < -0.3 is 24.6 Å². The number of hydrogen-bond donors (Lipinski definition) is 3. The SMILES string of the molecule is CC(C)OC(=O)N(Cc1ccccc1)C(=O)c1c(-c2ccccc2)c(-c2ccc(F)cc2)c(C=CC(O)CC(O)CC(=O)O)n1C(C)C. The summed E-state index contributed by atoms with van der Waals surface area (Å²) in [6, 6.07) is 23.7. The van der Waals surface area contributed by atoms with Gasteiger partial charge in [-0.1, -0.05) is 78.9 Å². The molecule has 3 aromatic carbocycles. The summed E-state index contributed by atoms with van der Waals surface area (Å²) in [7, 11) is 0. The summed E-state index contributed by atoms with van der Waals surface area (Å²) in [5.41, 5.74) is 3.61. The number of halogens is 1. The molecule has 4 aromatic rings. The first-order valence-electron chi connectivity index (χ1n) is 15.8. The van der Waals surface area contributed by atoms with Gasteiger partial charge in [0.15, 0.2) is 0 Å². The van der Waals surface area contributed by atoms with Crippen LogP contribution in [0.4, 0.5) is 9.18 Å². The topological polar surface area (TPSA) is 129 Å². The van der Waals surface area contributed by atoms with E-state index in [-0.39, 0.29) is 24.7 Å². The van der Waals surface area contributed by atoms with Crippen LogP contribution in [0.15, 0.2) is 91.0 Å². The van der Waals surface area contributed by atoms with Gasteiger partial charge in [-0.25, -0.2) is 14.1 Å². The molecule has 0 aliphatic rings. The van der Waals surface area contributed by atoms with Gasteiger partial charge in [0.05, 0.1) is 31.3 Å². The van der Waals surface area contributed by atoms with E-state index < -0.39 is 48.5 Å². The summed E-state index contributed by atoms with van der Waals surface area (Å²) < 4.78 is 21.5. The van der Waals surface area contributed by atoms with Gasteiger partial charge in [0.1, 0.15) is 11.5 Å². The number of rotatable bonds is 13. The number of carboxylic acids is 1. The average Bonchev–Trinajstić information content (AvgIpc) is 3.38. The van der Waals surface area contributed by atoms with Crippen molar-refractivity contribution in [3.05, 3.63) is 114 Å². The first-order valence-corrected chi connectivity index (χ1v) is 15.8. The summed E-state index contributed by atoms with van der Waals surface area (Å²) in [5.74, 6) is -2.28. The van der Waals surface area contributed by atoms with Crippen LogP contribution in [0.25, 0.3) is 28.3 Å². The smallest absolute Gasteiger partial charge is 0.417 e. The number of benzene rings is 3. The van der Waals surface area contributed by atoms with Gasteiger partial charge in [0, 0.05) is 29.3 Å². The monoisotopic (exact) mass is 656 g/mol. The Kier molecular flexibility index (Phi) is 12.1. The zero-order valence-corrected chi connectivity index (χ0v) is 27.4. The molecule has 0 aliphatic heterocycles. The second-order valence-electron chi connectivity index (χ2n) is 12.0. The number of nitrogens with zero attached hydrogens (tertiary/aromatic N) is 2. The van der Waals surface area contributed by atoms with Gasteiger partial charge in [-0.05, 0) is 62.6 Å². The fourth-order valence-electron chi connectivity index (χ4n) is 5.54. The molecule has 0 aliphatic carbocycles. The lowest BCUT2D eigenvalue weighted by molar-refractivity contribution is -0.139. The number of aliphatic carboxylic acids is 1. The van der Waals surface area contributed by atoms with Crippen molar-refractivity contribution in [3.8, 4) is 22.3 Å². The lowest BCUT2D eigenvalue weighted by Crippen LogP contribution is -2.39. The number of carboxylic acid groups (broad SMARTS) is 1. The minimum absolute atomic E-state index is 0.0695. The first-order chi connectivity index (χ1) is 22.9. The Morgan fingerprint density at radius 3 is 2.00 bits per heavy atom. The number of carbonyl (C=O) groups is 3. The van der Waals surface area contributed by atoms with E-state index in [9.17, 15) is 29.0 Å². The maximum Gasteiger partial charge on any atom is 0.417 e. The van der Waals surface area contributed by atoms with Crippen molar-refractivity contribution >= 4 is 24.0 Å². The van der Waals surface area contributed by atoms with Crippen molar-refractivity contribution in [2.45, 2.75) is 71.4 Å². The highest BCUT2D eigenvalue weighted by molar-refractivity contribution is 6.10. The molecule has 9 nitrogen and oxygen atoms in total. The highest BCUT2D eigenvalue weighted by Gasteiger charge is 2.35. The predicted octanol–water partition coefficient (Wildman–Crippen LogP) is 7.33. The van der Waals surface area contributed by atoms with Crippen LogP contribution in [-0.4, -0.2) is 61.1 Å². The molecule has 1 aromatic heterocycles. The lowest BCUT2D eigenvalue weighted by atomic mass is 9.94. The number of aliphatic hydroxyl groups is 2. The number of imide groups is 1. The van der Waals surface area contributed by atoms with Gasteiger partial charge >= 0.3 is 12.1 Å². The van der Waals surface area contributed by atoms with Gasteiger partial charge in [-0.15, -0.1) is 0 Å². The van der Waals surface area contributed by atoms with E-state index in [0.29, 0.717) is 33.5 Å². The third kappa shape index (κ3) is 8.84. The Bertz CT molecular complexity index is 1730. The molecular weight excluding hydrogens is 615 g/mol. The van der Waals surface area contributed by atoms with Gasteiger partial charge in [0.25, 0.3) is 5.91 Å². The van der Waals surface area contributed by atoms with Crippen molar-refractivity contribution in [1.29, 1.82) is 0 Å². The molecule has 0 spiro atoms. The number of aromatic nitrogens is 1. The standard InChI is InChI=1S/C38H41FN2O7/c1-24(2)41-32(20-19-30(42)21-31(43)22-33(44)45)34(28-15-17-29(39)18-16-28)35(27-13-9-6-10-14-27)36(41)37(46)40(38(47)48-25(3)4)23-26-11-7-5-8-12-26/h5-20,24-25,30-31,42-43H,21-23H2,1-4H3,(H,44,45). The molecule has 4 rings (SSSR count). The van der Waals surface area contributed by atoms with Crippen molar-refractivity contribution in [3.63, 3.8) is 0 Å². The summed E-state index contributed by atoms with van der Waals surface area (Å²) in [6.45, 7) is 7.07. The molecule has 48 heavy (non-hydrogen) atoms. The molecule has 0 radical (unpaired) electrons.